The Morgan fingerprint density at radius 1 is 0.731 bits per heavy atom. The normalized spacial score (nSPS) is 10.2. The van der Waals surface area contributed by atoms with Gasteiger partial charge in [0, 0.05) is 12.3 Å². The van der Waals surface area contributed by atoms with E-state index in [4.69, 9.17) is 18.9 Å². The molecule has 0 aliphatic carbocycles. The highest BCUT2D eigenvalue weighted by Crippen LogP contribution is 2.17. The average molecular weight is 363 g/mol. The molecule has 1 aromatic heterocycles. The van der Waals surface area contributed by atoms with Crippen LogP contribution in [0.15, 0.2) is 44.0 Å². The van der Waals surface area contributed by atoms with Crippen LogP contribution in [0.1, 0.15) is 51.4 Å². The molecule has 1 heterocycles. The summed E-state index contributed by atoms with van der Waals surface area (Å²) in [6.45, 7) is 9.92. The minimum Gasteiger partial charge on any atom is -0.502 e. The highest BCUT2D eigenvalue weighted by Gasteiger charge is 2.00. The van der Waals surface area contributed by atoms with Crippen LogP contribution in [0.4, 0.5) is 0 Å². The molecule has 1 rings (SSSR count). The van der Waals surface area contributed by atoms with Crippen molar-refractivity contribution in [2.75, 3.05) is 26.4 Å². The zero-order chi connectivity index (χ0) is 18.7. The molecule has 5 heteroatoms. The van der Waals surface area contributed by atoms with E-state index in [0.29, 0.717) is 19.1 Å². The van der Waals surface area contributed by atoms with Crippen LogP contribution in [-0.2, 0) is 9.47 Å². The summed E-state index contributed by atoms with van der Waals surface area (Å²) in [5.41, 5.74) is 0. The molecule has 0 aliphatic rings. The molecule has 0 atom stereocenters. The Morgan fingerprint density at radius 3 is 1.85 bits per heavy atom. The lowest BCUT2D eigenvalue weighted by molar-refractivity contribution is 0.237. The average Bonchev–Trinajstić information content (AvgIpc) is 2.66. The van der Waals surface area contributed by atoms with Gasteiger partial charge in [-0.15, -0.1) is 0 Å². The Bertz CT molecular complexity index is 440. The molecule has 0 saturated heterocycles. The van der Waals surface area contributed by atoms with Crippen molar-refractivity contribution >= 4 is 0 Å². The van der Waals surface area contributed by atoms with Crippen molar-refractivity contribution in [2.45, 2.75) is 51.4 Å². The first-order chi connectivity index (χ1) is 12.9. The number of hydrogen-bond donors (Lipinski definition) is 0. The first-order valence-corrected chi connectivity index (χ1v) is 9.53. The van der Waals surface area contributed by atoms with E-state index in [1.165, 1.54) is 12.5 Å². The minimum atomic E-state index is 0.624. The number of pyridine rings is 1. The van der Waals surface area contributed by atoms with Crippen molar-refractivity contribution in [1.29, 1.82) is 0 Å². The van der Waals surface area contributed by atoms with Gasteiger partial charge < -0.3 is 18.9 Å². The Kier molecular flexibility index (Phi) is 13.7. The van der Waals surface area contributed by atoms with Crippen LogP contribution in [0.2, 0.25) is 0 Å². The van der Waals surface area contributed by atoms with Crippen LogP contribution < -0.4 is 9.47 Å². The molecule has 0 unspecified atom stereocenters. The van der Waals surface area contributed by atoms with Gasteiger partial charge in [0.1, 0.15) is 5.75 Å². The van der Waals surface area contributed by atoms with Crippen LogP contribution in [0, 0.1) is 0 Å². The summed E-state index contributed by atoms with van der Waals surface area (Å²) in [7, 11) is 0. The topological polar surface area (TPSA) is 49.8 Å². The number of unbranched alkanes of at least 4 members (excludes halogenated alkanes) is 6. The lowest BCUT2D eigenvalue weighted by atomic mass is 10.2. The number of ether oxygens (including phenoxy) is 4. The van der Waals surface area contributed by atoms with Gasteiger partial charge in [-0.1, -0.05) is 13.2 Å². The first-order valence-electron chi connectivity index (χ1n) is 9.53. The van der Waals surface area contributed by atoms with Gasteiger partial charge in [-0.3, -0.25) is 0 Å². The van der Waals surface area contributed by atoms with Crippen LogP contribution in [0.3, 0.4) is 0 Å². The fourth-order valence-electron chi connectivity index (χ4n) is 2.38. The fraction of sp³-hybridized carbons (Fsp3) is 0.571. The van der Waals surface area contributed by atoms with Crippen molar-refractivity contribution in [3.05, 3.63) is 44.0 Å². The van der Waals surface area contributed by atoms with Gasteiger partial charge in [0.15, 0.2) is 0 Å². The second kappa shape index (κ2) is 16.3. The van der Waals surface area contributed by atoms with Crippen molar-refractivity contribution in [2.24, 2.45) is 0 Å². The number of rotatable bonds is 18. The molecule has 0 saturated carbocycles. The molecular formula is C21H33NO4. The summed E-state index contributed by atoms with van der Waals surface area (Å²) in [5, 5.41) is 0. The van der Waals surface area contributed by atoms with Gasteiger partial charge >= 0.3 is 0 Å². The smallest absolute Gasteiger partial charge is 0.216 e. The third-order valence-corrected chi connectivity index (χ3v) is 3.77. The summed E-state index contributed by atoms with van der Waals surface area (Å²) in [4.78, 5) is 4.23. The van der Waals surface area contributed by atoms with Gasteiger partial charge in [0.05, 0.1) is 39.0 Å². The van der Waals surface area contributed by atoms with Crippen molar-refractivity contribution in [3.63, 3.8) is 0 Å². The zero-order valence-electron chi connectivity index (χ0n) is 15.9. The molecule has 0 aromatic carbocycles. The molecule has 0 N–H and O–H groups in total. The van der Waals surface area contributed by atoms with E-state index in [2.05, 4.69) is 18.1 Å². The van der Waals surface area contributed by atoms with E-state index in [-0.39, 0.29) is 0 Å². The van der Waals surface area contributed by atoms with E-state index in [9.17, 15) is 0 Å². The van der Waals surface area contributed by atoms with E-state index in [1.54, 1.807) is 6.20 Å². The summed E-state index contributed by atoms with van der Waals surface area (Å²) in [5.74, 6) is 1.44. The van der Waals surface area contributed by atoms with Gasteiger partial charge in [-0.25, -0.2) is 4.98 Å². The Morgan fingerprint density at radius 2 is 1.27 bits per heavy atom. The highest BCUT2D eigenvalue weighted by molar-refractivity contribution is 5.26. The fourth-order valence-corrected chi connectivity index (χ4v) is 2.38. The largest absolute Gasteiger partial charge is 0.502 e. The summed E-state index contributed by atoms with van der Waals surface area (Å²) < 4.78 is 21.6. The number of aromatic nitrogens is 1. The Labute approximate surface area is 158 Å². The summed E-state index contributed by atoms with van der Waals surface area (Å²) in [6, 6.07) is 3.72. The lowest BCUT2D eigenvalue weighted by Crippen LogP contribution is -2.01. The zero-order valence-corrected chi connectivity index (χ0v) is 15.9. The molecule has 146 valence electrons. The van der Waals surface area contributed by atoms with Crippen molar-refractivity contribution in [1.82, 2.24) is 4.98 Å². The van der Waals surface area contributed by atoms with E-state index in [1.807, 2.05) is 12.1 Å². The molecule has 0 radical (unpaired) electrons. The molecule has 0 fully saturated rings. The molecular weight excluding hydrogens is 330 g/mol. The summed E-state index contributed by atoms with van der Waals surface area (Å²) >= 11 is 0. The Balaban J connectivity index is 2.05. The first kappa shape index (κ1) is 21.9. The maximum absolute atomic E-state index is 5.77. The molecule has 0 aliphatic heterocycles. The molecule has 0 bridgehead atoms. The molecule has 0 spiro atoms. The lowest BCUT2D eigenvalue weighted by Gasteiger charge is -2.09. The molecule has 5 nitrogen and oxygen atoms in total. The van der Waals surface area contributed by atoms with E-state index < -0.39 is 0 Å². The maximum atomic E-state index is 5.77. The highest BCUT2D eigenvalue weighted by atomic mass is 16.5. The van der Waals surface area contributed by atoms with Crippen LogP contribution >= 0.6 is 0 Å². The monoisotopic (exact) mass is 363 g/mol. The predicted octanol–water partition coefficient (Wildman–Crippen LogP) is 5.28. The summed E-state index contributed by atoms with van der Waals surface area (Å²) in [6.07, 6.45) is 13.4. The van der Waals surface area contributed by atoms with Crippen LogP contribution in [0.25, 0.3) is 0 Å². The minimum absolute atomic E-state index is 0.624. The number of nitrogens with zero attached hydrogens (tertiary/aromatic N) is 1. The second-order valence-electron chi connectivity index (χ2n) is 5.93. The molecule has 1 aromatic rings. The SMILES string of the molecule is C=COCCCCCCOc1ccnc(OCCCCCCOC=C)c1. The molecule has 26 heavy (non-hydrogen) atoms. The Hall–Kier alpha value is -2.17. The molecule has 0 amide bonds. The van der Waals surface area contributed by atoms with Crippen LogP contribution in [-0.4, -0.2) is 31.4 Å². The van der Waals surface area contributed by atoms with Crippen LogP contribution in [0.5, 0.6) is 11.6 Å². The van der Waals surface area contributed by atoms with E-state index in [0.717, 1.165) is 70.3 Å². The quantitative estimate of drug-likeness (QED) is 0.262. The van der Waals surface area contributed by atoms with Crippen molar-refractivity contribution in [3.8, 4) is 11.6 Å². The van der Waals surface area contributed by atoms with E-state index >= 15 is 0 Å². The standard InChI is InChI=1S/C21H33NO4/c1-3-23-15-9-5-7-11-17-25-20-13-14-22-21(19-20)26-18-12-8-6-10-16-24-4-2/h3-4,13-14,19H,1-2,5-12,15-18H2. The third-order valence-electron chi connectivity index (χ3n) is 3.77. The van der Waals surface area contributed by atoms with Gasteiger partial charge in [-0.2, -0.15) is 0 Å². The third kappa shape index (κ3) is 12.2. The second-order valence-corrected chi connectivity index (χ2v) is 5.93. The maximum Gasteiger partial charge on any atom is 0.216 e. The van der Waals surface area contributed by atoms with Crippen molar-refractivity contribution < 1.29 is 18.9 Å². The van der Waals surface area contributed by atoms with Gasteiger partial charge in [0.2, 0.25) is 5.88 Å². The van der Waals surface area contributed by atoms with Gasteiger partial charge in [0.25, 0.3) is 0 Å². The number of hydrogen-bond acceptors (Lipinski definition) is 5. The van der Waals surface area contributed by atoms with Gasteiger partial charge in [-0.05, 0) is 57.4 Å². The predicted molar refractivity (Wildman–Crippen MR) is 104 cm³/mol.